The summed E-state index contributed by atoms with van der Waals surface area (Å²) in [4.78, 5) is 0. The van der Waals surface area contributed by atoms with Gasteiger partial charge in [-0.15, -0.1) is 0 Å². The Balaban J connectivity index is 2.47. The molecule has 88 valence electrons. The van der Waals surface area contributed by atoms with Crippen molar-refractivity contribution in [3.05, 3.63) is 12.8 Å². The molecular weight excluding hydrogens is 190 g/mol. The smallest absolute Gasteiger partial charge is 0.188 e. The molecule has 0 amide bonds. The Morgan fingerprint density at radius 3 is 2.27 bits per heavy atom. The third kappa shape index (κ3) is 4.22. The molecule has 1 aliphatic heterocycles. The molecule has 3 nitrogen and oxygen atoms in total. The highest BCUT2D eigenvalue weighted by Gasteiger charge is 2.38. The van der Waals surface area contributed by atoms with Gasteiger partial charge in [-0.05, 0) is 40.5 Å². The maximum Gasteiger partial charge on any atom is 0.188 e. The first-order valence-electron chi connectivity index (χ1n) is 5.48. The molecule has 15 heavy (non-hydrogen) atoms. The molecule has 0 bridgehead atoms. The maximum absolute atomic E-state index is 5.66. The highest BCUT2D eigenvalue weighted by Crippen LogP contribution is 2.30. The lowest BCUT2D eigenvalue weighted by Gasteiger charge is -2.46. The van der Waals surface area contributed by atoms with Crippen LogP contribution in [0.4, 0.5) is 0 Å². The number of nitrogens with one attached hydrogen (secondary N) is 1. The molecule has 1 N–H and O–H groups in total. The fourth-order valence-corrected chi connectivity index (χ4v) is 2.53. The van der Waals surface area contributed by atoms with Crippen molar-refractivity contribution in [3.63, 3.8) is 0 Å². The molecular formula is C12H23NO2. The summed E-state index contributed by atoms with van der Waals surface area (Å²) in [5.41, 5.74) is 0.251. The molecule has 1 rings (SSSR count). The quantitative estimate of drug-likeness (QED) is 0.442. The van der Waals surface area contributed by atoms with Crippen molar-refractivity contribution >= 4 is 0 Å². The molecule has 1 saturated heterocycles. The van der Waals surface area contributed by atoms with Crippen LogP contribution in [0.1, 0.15) is 40.5 Å². The van der Waals surface area contributed by atoms with E-state index < -0.39 is 0 Å². The Morgan fingerprint density at radius 2 is 1.80 bits per heavy atom. The van der Waals surface area contributed by atoms with Crippen LogP contribution in [-0.2, 0) is 9.47 Å². The minimum absolute atomic E-state index is 0.126. The summed E-state index contributed by atoms with van der Waals surface area (Å²) in [7, 11) is 0. The van der Waals surface area contributed by atoms with E-state index >= 15 is 0 Å². The summed E-state index contributed by atoms with van der Waals surface area (Å²) in [6.45, 7) is 12.6. The van der Waals surface area contributed by atoms with Crippen LogP contribution in [0.15, 0.2) is 12.8 Å². The summed E-state index contributed by atoms with van der Waals surface area (Å²) in [6.07, 6.45) is 3.70. The average Bonchev–Trinajstić information content (AvgIpc) is 1.98. The standard InChI is InChI=1S/C12H23NO2/c1-6-14-9-15-10-7-11(2,3)13-12(4,5)8-10/h6,10,13H,1,7-9H2,2-5H3. The van der Waals surface area contributed by atoms with E-state index in [1.807, 2.05) is 0 Å². The van der Waals surface area contributed by atoms with E-state index in [-0.39, 0.29) is 17.2 Å². The zero-order valence-corrected chi connectivity index (χ0v) is 10.3. The van der Waals surface area contributed by atoms with Gasteiger partial charge in [0, 0.05) is 11.1 Å². The summed E-state index contributed by atoms with van der Waals surface area (Å²) in [5.74, 6) is 0. The van der Waals surface area contributed by atoms with Crippen LogP contribution < -0.4 is 5.32 Å². The molecule has 0 spiro atoms. The SMILES string of the molecule is C=COCOC1CC(C)(C)NC(C)(C)C1. The molecule has 0 aromatic carbocycles. The van der Waals surface area contributed by atoms with E-state index in [1.165, 1.54) is 6.26 Å². The van der Waals surface area contributed by atoms with Gasteiger partial charge in [0.05, 0.1) is 12.4 Å². The predicted octanol–water partition coefficient (Wildman–Crippen LogP) is 2.43. The third-order valence-electron chi connectivity index (χ3n) is 2.64. The highest BCUT2D eigenvalue weighted by molar-refractivity contribution is 4.97. The molecule has 0 saturated carbocycles. The molecule has 1 aliphatic rings. The Labute approximate surface area is 92.8 Å². The van der Waals surface area contributed by atoms with Crippen molar-refractivity contribution in [3.8, 4) is 0 Å². The van der Waals surface area contributed by atoms with Crippen molar-refractivity contribution in [2.45, 2.75) is 57.7 Å². The summed E-state index contributed by atoms with van der Waals surface area (Å²) >= 11 is 0. The fraction of sp³-hybridized carbons (Fsp3) is 0.833. The Bertz CT molecular complexity index is 208. The molecule has 1 heterocycles. The zero-order chi connectivity index (χ0) is 11.5. The first kappa shape index (κ1) is 12.5. The Morgan fingerprint density at radius 1 is 1.27 bits per heavy atom. The second-order valence-corrected chi connectivity index (χ2v) is 5.54. The monoisotopic (exact) mass is 213 g/mol. The Kier molecular flexibility index (Phi) is 3.79. The topological polar surface area (TPSA) is 30.5 Å². The second-order valence-electron chi connectivity index (χ2n) is 5.54. The van der Waals surface area contributed by atoms with Crippen molar-refractivity contribution in [1.29, 1.82) is 0 Å². The van der Waals surface area contributed by atoms with Gasteiger partial charge in [0.1, 0.15) is 0 Å². The van der Waals surface area contributed by atoms with E-state index in [0.717, 1.165) is 12.8 Å². The van der Waals surface area contributed by atoms with Gasteiger partial charge in [-0.1, -0.05) is 6.58 Å². The molecule has 0 radical (unpaired) electrons. The minimum Gasteiger partial charge on any atom is -0.476 e. The van der Waals surface area contributed by atoms with Gasteiger partial charge in [-0.3, -0.25) is 0 Å². The van der Waals surface area contributed by atoms with Crippen LogP contribution in [0.25, 0.3) is 0 Å². The van der Waals surface area contributed by atoms with Gasteiger partial charge in [0.25, 0.3) is 0 Å². The predicted molar refractivity (Wildman–Crippen MR) is 61.5 cm³/mol. The van der Waals surface area contributed by atoms with Crippen molar-refractivity contribution in [1.82, 2.24) is 5.32 Å². The van der Waals surface area contributed by atoms with Crippen molar-refractivity contribution in [2.75, 3.05) is 6.79 Å². The van der Waals surface area contributed by atoms with Gasteiger partial charge in [-0.25, -0.2) is 0 Å². The highest BCUT2D eigenvalue weighted by atomic mass is 16.7. The van der Waals surface area contributed by atoms with Gasteiger partial charge >= 0.3 is 0 Å². The lowest BCUT2D eigenvalue weighted by molar-refractivity contribution is -0.0914. The molecule has 0 aromatic rings. The van der Waals surface area contributed by atoms with E-state index in [4.69, 9.17) is 9.47 Å². The second kappa shape index (κ2) is 4.54. The molecule has 0 aliphatic carbocycles. The van der Waals surface area contributed by atoms with Crippen LogP contribution in [0, 0.1) is 0 Å². The summed E-state index contributed by atoms with van der Waals surface area (Å²) in [5, 5.41) is 3.61. The average molecular weight is 213 g/mol. The van der Waals surface area contributed by atoms with Crippen molar-refractivity contribution in [2.24, 2.45) is 0 Å². The normalized spacial score (nSPS) is 24.8. The van der Waals surface area contributed by atoms with Crippen LogP contribution in [0.5, 0.6) is 0 Å². The van der Waals surface area contributed by atoms with E-state index in [1.54, 1.807) is 0 Å². The summed E-state index contributed by atoms with van der Waals surface area (Å²) in [6, 6.07) is 0. The lowest BCUT2D eigenvalue weighted by atomic mass is 9.81. The largest absolute Gasteiger partial charge is 0.476 e. The molecule has 0 unspecified atom stereocenters. The van der Waals surface area contributed by atoms with Crippen LogP contribution >= 0.6 is 0 Å². The summed E-state index contributed by atoms with van der Waals surface area (Å²) < 4.78 is 10.7. The fourth-order valence-electron chi connectivity index (χ4n) is 2.53. The number of hydrogen-bond donors (Lipinski definition) is 1. The number of ether oxygens (including phenoxy) is 2. The first-order chi connectivity index (χ1) is 6.85. The third-order valence-corrected chi connectivity index (χ3v) is 2.64. The molecule has 0 aromatic heterocycles. The number of hydrogen-bond acceptors (Lipinski definition) is 3. The van der Waals surface area contributed by atoms with Gasteiger partial charge in [0.15, 0.2) is 6.79 Å². The van der Waals surface area contributed by atoms with E-state index in [0.29, 0.717) is 6.79 Å². The number of rotatable bonds is 4. The lowest BCUT2D eigenvalue weighted by Crippen LogP contribution is -2.59. The first-order valence-corrected chi connectivity index (χ1v) is 5.48. The minimum atomic E-state index is 0.126. The molecule has 1 fully saturated rings. The zero-order valence-electron chi connectivity index (χ0n) is 10.3. The number of piperidine rings is 1. The van der Waals surface area contributed by atoms with Gasteiger partial charge in [0.2, 0.25) is 0 Å². The van der Waals surface area contributed by atoms with Gasteiger partial charge < -0.3 is 14.8 Å². The Hall–Kier alpha value is -0.540. The van der Waals surface area contributed by atoms with E-state index in [9.17, 15) is 0 Å². The van der Waals surface area contributed by atoms with E-state index in [2.05, 4.69) is 39.6 Å². The van der Waals surface area contributed by atoms with Gasteiger partial charge in [-0.2, -0.15) is 0 Å². The maximum atomic E-state index is 5.66. The van der Waals surface area contributed by atoms with Crippen LogP contribution in [0.2, 0.25) is 0 Å². The van der Waals surface area contributed by atoms with Crippen LogP contribution in [-0.4, -0.2) is 24.0 Å². The van der Waals surface area contributed by atoms with Crippen molar-refractivity contribution < 1.29 is 9.47 Å². The van der Waals surface area contributed by atoms with Crippen LogP contribution in [0.3, 0.4) is 0 Å². The molecule has 0 atom stereocenters. The molecule has 3 heteroatoms.